The highest BCUT2D eigenvalue weighted by Crippen LogP contribution is 2.38. The van der Waals surface area contributed by atoms with Crippen molar-refractivity contribution in [3.05, 3.63) is 12.2 Å². The van der Waals surface area contributed by atoms with E-state index in [9.17, 15) is 23.1 Å². The number of carbonyl (C=O) groups is 1. The second kappa shape index (κ2) is 6.27. The number of carbonyl (C=O) groups excluding carboxylic acids is 1. The monoisotopic (exact) mass is 280 g/mol. The van der Waals surface area contributed by atoms with Gasteiger partial charge in [0, 0.05) is 32.5 Å². The lowest BCUT2D eigenvalue weighted by molar-refractivity contribution is -0.271. The van der Waals surface area contributed by atoms with Crippen LogP contribution in [0, 0.1) is 0 Å². The van der Waals surface area contributed by atoms with Crippen LogP contribution in [-0.4, -0.2) is 47.4 Å². The minimum atomic E-state index is -4.64. The molecule has 0 aromatic rings. The van der Waals surface area contributed by atoms with Crippen molar-refractivity contribution in [2.75, 3.05) is 19.6 Å². The SMILES string of the molecule is C/C=C/CCNC(=O)N1CCC(O)(C(F)(F)F)CC1. The molecule has 2 amide bonds. The molecule has 0 aromatic heterocycles. The summed E-state index contributed by atoms with van der Waals surface area (Å²) < 4.78 is 37.7. The lowest BCUT2D eigenvalue weighted by Gasteiger charge is -2.38. The molecule has 0 spiro atoms. The summed E-state index contributed by atoms with van der Waals surface area (Å²) in [4.78, 5) is 13.0. The minimum absolute atomic E-state index is 0.0918. The molecule has 0 unspecified atom stereocenters. The van der Waals surface area contributed by atoms with Gasteiger partial charge >= 0.3 is 12.2 Å². The van der Waals surface area contributed by atoms with E-state index in [1.807, 2.05) is 19.1 Å². The van der Waals surface area contributed by atoms with Crippen LogP contribution in [0.1, 0.15) is 26.2 Å². The van der Waals surface area contributed by atoms with Crippen molar-refractivity contribution >= 4 is 6.03 Å². The Kier molecular flexibility index (Phi) is 5.22. The van der Waals surface area contributed by atoms with Gasteiger partial charge in [-0.2, -0.15) is 13.2 Å². The maximum absolute atomic E-state index is 12.6. The molecule has 2 N–H and O–H groups in total. The van der Waals surface area contributed by atoms with Crippen molar-refractivity contribution in [3.63, 3.8) is 0 Å². The van der Waals surface area contributed by atoms with Crippen LogP contribution in [0.5, 0.6) is 0 Å². The zero-order valence-electron chi connectivity index (χ0n) is 10.8. The lowest BCUT2D eigenvalue weighted by Crippen LogP contribution is -2.55. The maximum Gasteiger partial charge on any atom is 0.417 e. The Labute approximate surface area is 110 Å². The first-order valence-electron chi connectivity index (χ1n) is 6.23. The molecule has 1 saturated heterocycles. The molecule has 7 heteroatoms. The van der Waals surface area contributed by atoms with Crippen molar-refractivity contribution in [2.24, 2.45) is 0 Å². The number of allylic oxidation sites excluding steroid dienone is 1. The van der Waals surface area contributed by atoms with Crippen LogP contribution < -0.4 is 5.32 Å². The van der Waals surface area contributed by atoms with E-state index in [0.717, 1.165) is 0 Å². The fourth-order valence-electron chi connectivity index (χ4n) is 1.90. The second-order valence-electron chi connectivity index (χ2n) is 4.61. The van der Waals surface area contributed by atoms with E-state index in [1.54, 1.807) is 0 Å². The molecule has 19 heavy (non-hydrogen) atoms. The van der Waals surface area contributed by atoms with E-state index in [4.69, 9.17) is 0 Å². The highest BCUT2D eigenvalue weighted by atomic mass is 19.4. The van der Waals surface area contributed by atoms with Gasteiger partial charge in [0.2, 0.25) is 0 Å². The number of rotatable bonds is 3. The fraction of sp³-hybridized carbons (Fsp3) is 0.750. The first-order chi connectivity index (χ1) is 8.80. The van der Waals surface area contributed by atoms with Crippen LogP contribution in [-0.2, 0) is 0 Å². The van der Waals surface area contributed by atoms with Crippen LogP contribution in [0.3, 0.4) is 0 Å². The molecule has 0 atom stereocenters. The summed E-state index contributed by atoms with van der Waals surface area (Å²) in [6.45, 7) is 2.13. The van der Waals surface area contributed by atoms with Gasteiger partial charge in [0.1, 0.15) is 0 Å². The predicted molar refractivity (Wildman–Crippen MR) is 64.6 cm³/mol. The number of alkyl halides is 3. The zero-order chi connectivity index (χ0) is 14.5. The molecular formula is C12H19F3N2O2. The molecule has 1 aliphatic heterocycles. The van der Waals surface area contributed by atoms with Gasteiger partial charge < -0.3 is 15.3 Å². The van der Waals surface area contributed by atoms with E-state index < -0.39 is 24.6 Å². The third-order valence-electron chi connectivity index (χ3n) is 3.23. The summed E-state index contributed by atoms with van der Waals surface area (Å²) in [5, 5.41) is 12.1. The number of nitrogens with zero attached hydrogens (tertiary/aromatic N) is 1. The first kappa shape index (κ1) is 15.8. The van der Waals surface area contributed by atoms with Crippen molar-refractivity contribution in [3.8, 4) is 0 Å². The summed E-state index contributed by atoms with van der Waals surface area (Å²) >= 11 is 0. The number of nitrogens with one attached hydrogen (secondary N) is 1. The van der Waals surface area contributed by atoms with E-state index >= 15 is 0 Å². The zero-order valence-corrected chi connectivity index (χ0v) is 10.8. The molecule has 0 saturated carbocycles. The Hall–Kier alpha value is -1.24. The number of piperidine rings is 1. The van der Waals surface area contributed by atoms with Crippen molar-refractivity contribution in [2.45, 2.75) is 38.0 Å². The van der Waals surface area contributed by atoms with E-state index in [-0.39, 0.29) is 19.1 Å². The van der Waals surface area contributed by atoms with Gasteiger partial charge in [-0.25, -0.2) is 4.79 Å². The third-order valence-corrected chi connectivity index (χ3v) is 3.23. The molecule has 1 fully saturated rings. The quantitative estimate of drug-likeness (QED) is 0.614. The summed E-state index contributed by atoms with van der Waals surface area (Å²) in [5.74, 6) is 0. The molecule has 0 aromatic carbocycles. The number of halogens is 3. The van der Waals surface area contributed by atoms with Gasteiger partial charge in [-0.1, -0.05) is 12.2 Å². The first-order valence-corrected chi connectivity index (χ1v) is 6.23. The van der Waals surface area contributed by atoms with Crippen LogP contribution in [0.15, 0.2) is 12.2 Å². The van der Waals surface area contributed by atoms with Gasteiger partial charge in [0.25, 0.3) is 0 Å². The smallest absolute Gasteiger partial charge is 0.380 e. The van der Waals surface area contributed by atoms with E-state index in [0.29, 0.717) is 13.0 Å². The number of amides is 2. The number of hydrogen-bond donors (Lipinski definition) is 2. The number of aliphatic hydroxyl groups is 1. The number of likely N-dealkylation sites (tertiary alicyclic amines) is 1. The molecule has 1 aliphatic rings. The van der Waals surface area contributed by atoms with E-state index in [2.05, 4.69) is 5.32 Å². The highest BCUT2D eigenvalue weighted by molar-refractivity contribution is 5.74. The summed E-state index contributed by atoms with van der Waals surface area (Å²) in [6.07, 6.45) is -1.16. The van der Waals surface area contributed by atoms with Crippen LogP contribution in [0.2, 0.25) is 0 Å². The van der Waals surface area contributed by atoms with Crippen molar-refractivity contribution < 1.29 is 23.1 Å². The van der Waals surface area contributed by atoms with E-state index in [1.165, 1.54) is 4.90 Å². The average Bonchev–Trinajstić information content (AvgIpc) is 2.34. The average molecular weight is 280 g/mol. The number of hydrogen-bond acceptors (Lipinski definition) is 2. The Balaban J connectivity index is 2.39. The molecule has 0 bridgehead atoms. The molecule has 110 valence electrons. The largest absolute Gasteiger partial charge is 0.417 e. The van der Waals surface area contributed by atoms with Gasteiger partial charge in [-0.15, -0.1) is 0 Å². The molecule has 1 heterocycles. The topological polar surface area (TPSA) is 52.6 Å². The Morgan fingerprint density at radius 3 is 2.47 bits per heavy atom. The van der Waals surface area contributed by atoms with Gasteiger partial charge in [0.05, 0.1) is 0 Å². The van der Waals surface area contributed by atoms with Crippen LogP contribution in [0.4, 0.5) is 18.0 Å². The standard InChI is InChI=1S/C12H19F3N2O2/c1-2-3-4-7-16-10(18)17-8-5-11(19,6-9-17)12(13,14)15/h2-3,19H,4-9H2,1H3,(H,16,18)/b3-2+. The fourth-order valence-corrected chi connectivity index (χ4v) is 1.90. The van der Waals surface area contributed by atoms with Crippen LogP contribution >= 0.6 is 0 Å². The maximum atomic E-state index is 12.6. The molecule has 4 nitrogen and oxygen atoms in total. The van der Waals surface area contributed by atoms with Gasteiger partial charge in [-0.3, -0.25) is 0 Å². The second-order valence-corrected chi connectivity index (χ2v) is 4.61. The molecule has 0 aliphatic carbocycles. The Bertz CT molecular complexity index is 334. The van der Waals surface area contributed by atoms with Gasteiger partial charge in [-0.05, 0) is 13.3 Å². The summed E-state index contributed by atoms with van der Waals surface area (Å²) in [7, 11) is 0. The molecular weight excluding hydrogens is 261 g/mol. The molecule has 0 radical (unpaired) electrons. The lowest BCUT2D eigenvalue weighted by atomic mass is 9.91. The Morgan fingerprint density at radius 2 is 2.00 bits per heavy atom. The highest BCUT2D eigenvalue weighted by Gasteiger charge is 2.54. The summed E-state index contributed by atoms with van der Waals surface area (Å²) in [6, 6.07) is -0.381. The van der Waals surface area contributed by atoms with Gasteiger partial charge in [0.15, 0.2) is 5.60 Å². The minimum Gasteiger partial charge on any atom is -0.380 e. The normalized spacial score (nSPS) is 19.7. The Morgan fingerprint density at radius 1 is 1.42 bits per heavy atom. The molecule has 1 rings (SSSR count). The number of urea groups is 1. The predicted octanol–water partition coefficient (Wildman–Crippen LogP) is 2.05. The summed E-state index contributed by atoms with van der Waals surface area (Å²) in [5.41, 5.74) is -2.66. The van der Waals surface area contributed by atoms with Crippen LogP contribution in [0.25, 0.3) is 0 Å². The van der Waals surface area contributed by atoms with Crippen molar-refractivity contribution in [1.82, 2.24) is 10.2 Å². The van der Waals surface area contributed by atoms with Crippen molar-refractivity contribution in [1.29, 1.82) is 0 Å². The third kappa shape index (κ3) is 4.12.